The standard InChI is InChI=1S/C32H44O14/c1-10-11-25(37)44-23-14-22(42-18(5)35)29(7)21(41-17(4)34)13-20(40-16(3)33)15(2)12-24-32(31(9,46-32)28(38)45-24)27(43-19(6)36)26(29)30(23,8)39/h12,20-24,26-27,39H,10-11,13-14H2,1-9H3. The van der Waals surface area contributed by atoms with Crippen molar-refractivity contribution in [2.45, 2.75) is 141 Å². The minimum absolute atomic E-state index is 0.0276. The molecule has 2 aliphatic heterocycles. The van der Waals surface area contributed by atoms with Crippen LogP contribution in [0.15, 0.2) is 11.6 Å². The van der Waals surface area contributed by atoms with Gasteiger partial charge in [0.2, 0.25) is 0 Å². The first-order valence-electron chi connectivity index (χ1n) is 15.5. The molecular weight excluding hydrogens is 608 g/mol. The molecule has 11 atom stereocenters. The Morgan fingerprint density at radius 1 is 0.848 bits per heavy atom. The highest BCUT2D eigenvalue weighted by Crippen LogP contribution is 2.66. The molecule has 0 aromatic carbocycles. The Morgan fingerprint density at radius 2 is 1.39 bits per heavy atom. The van der Waals surface area contributed by atoms with Gasteiger partial charge in [0.25, 0.3) is 0 Å². The topological polar surface area (TPSA) is 191 Å². The Labute approximate surface area is 267 Å². The lowest BCUT2D eigenvalue weighted by atomic mass is 9.51. The summed E-state index contributed by atoms with van der Waals surface area (Å²) in [6.07, 6.45) is -6.05. The predicted octanol–water partition coefficient (Wildman–Crippen LogP) is 2.01. The lowest BCUT2D eigenvalue weighted by Crippen LogP contribution is -2.73. The van der Waals surface area contributed by atoms with E-state index < -0.39 is 101 Å². The maximum Gasteiger partial charge on any atom is 0.342 e. The van der Waals surface area contributed by atoms with Crippen LogP contribution in [0.1, 0.15) is 88.0 Å². The van der Waals surface area contributed by atoms with Gasteiger partial charge >= 0.3 is 35.8 Å². The van der Waals surface area contributed by atoms with Gasteiger partial charge in [0.15, 0.2) is 17.3 Å². The van der Waals surface area contributed by atoms with Crippen molar-refractivity contribution in [3.8, 4) is 0 Å². The molecule has 11 unspecified atom stereocenters. The van der Waals surface area contributed by atoms with Crippen LogP contribution in [0.3, 0.4) is 0 Å². The van der Waals surface area contributed by atoms with Crippen LogP contribution in [0.25, 0.3) is 0 Å². The van der Waals surface area contributed by atoms with Crippen LogP contribution in [0.4, 0.5) is 0 Å². The molecule has 0 bridgehead atoms. The number of ether oxygens (including phenoxy) is 7. The number of epoxide rings is 1. The summed E-state index contributed by atoms with van der Waals surface area (Å²) in [5.41, 5.74) is -6.77. The third-order valence-corrected chi connectivity index (χ3v) is 9.91. The smallest absolute Gasteiger partial charge is 0.342 e. The van der Waals surface area contributed by atoms with Crippen molar-refractivity contribution in [1.29, 1.82) is 0 Å². The van der Waals surface area contributed by atoms with E-state index in [0.29, 0.717) is 12.0 Å². The fourth-order valence-corrected chi connectivity index (χ4v) is 7.81. The molecule has 0 aromatic heterocycles. The summed E-state index contributed by atoms with van der Waals surface area (Å²) in [5, 5.41) is 12.6. The number of carbonyl (C=O) groups is 6. The van der Waals surface area contributed by atoms with Gasteiger partial charge in [-0.2, -0.15) is 0 Å². The molecule has 0 amide bonds. The van der Waals surface area contributed by atoms with E-state index in [1.165, 1.54) is 40.7 Å². The van der Waals surface area contributed by atoms with E-state index in [4.69, 9.17) is 33.2 Å². The maximum absolute atomic E-state index is 13.3. The van der Waals surface area contributed by atoms with Crippen molar-refractivity contribution < 1.29 is 67.0 Å². The van der Waals surface area contributed by atoms with Gasteiger partial charge < -0.3 is 38.3 Å². The van der Waals surface area contributed by atoms with Crippen molar-refractivity contribution >= 4 is 35.8 Å². The van der Waals surface area contributed by atoms with Gasteiger partial charge in [-0.1, -0.05) is 13.8 Å². The van der Waals surface area contributed by atoms with E-state index in [1.807, 2.05) is 0 Å². The van der Waals surface area contributed by atoms with Gasteiger partial charge in [0.1, 0.15) is 36.1 Å². The zero-order valence-electron chi connectivity index (χ0n) is 27.7. The zero-order chi connectivity index (χ0) is 34.6. The van der Waals surface area contributed by atoms with Crippen molar-refractivity contribution in [2.24, 2.45) is 11.3 Å². The van der Waals surface area contributed by atoms with Crippen molar-refractivity contribution in [3.63, 3.8) is 0 Å². The van der Waals surface area contributed by atoms with Crippen LogP contribution < -0.4 is 0 Å². The molecule has 4 aliphatic rings. The number of hydrogen-bond acceptors (Lipinski definition) is 14. The Kier molecular flexibility index (Phi) is 9.41. The highest BCUT2D eigenvalue weighted by molar-refractivity contribution is 5.89. The predicted molar refractivity (Wildman–Crippen MR) is 154 cm³/mol. The normalized spacial score (nSPS) is 41.2. The first-order valence-corrected chi connectivity index (χ1v) is 15.5. The molecule has 3 fully saturated rings. The van der Waals surface area contributed by atoms with Crippen LogP contribution in [0.5, 0.6) is 0 Å². The SMILES string of the molecule is CCCC(=O)OC1CC(OC(C)=O)C2(C)C(OC(C)=O)CC(OC(C)=O)C(C)=CC3OC(=O)C4(C)OC34C(OC(C)=O)C2C1(C)O. The monoisotopic (exact) mass is 652 g/mol. The van der Waals surface area contributed by atoms with Gasteiger partial charge in [-0.15, -0.1) is 0 Å². The average Bonchev–Trinajstić information content (AvgIpc) is 3.50. The molecule has 0 radical (unpaired) electrons. The summed E-state index contributed by atoms with van der Waals surface area (Å²) in [4.78, 5) is 76.7. The minimum atomic E-state index is -2.10. The summed E-state index contributed by atoms with van der Waals surface area (Å²) >= 11 is 0. The van der Waals surface area contributed by atoms with Gasteiger partial charge in [-0.05, 0) is 38.8 Å². The minimum Gasteiger partial charge on any atom is -0.462 e. The number of aliphatic hydroxyl groups is 1. The second-order valence-electron chi connectivity index (χ2n) is 13.3. The molecule has 1 N–H and O–H groups in total. The number of hydrogen-bond donors (Lipinski definition) is 1. The molecule has 4 rings (SSSR count). The quantitative estimate of drug-likeness (QED) is 0.182. The van der Waals surface area contributed by atoms with Gasteiger partial charge in [-0.25, -0.2) is 4.79 Å². The second-order valence-corrected chi connectivity index (χ2v) is 13.3. The summed E-state index contributed by atoms with van der Waals surface area (Å²) < 4.78 is 41.2. The summed E-state index contributed by atoms with van der Waals surface area (Å²) in [5.74, 6) is -5.75. The highest BCUT2D eigenvalue weighted by atomic mass is 16.7. The maximum atomic E-state index is 13.3. The van der Waals surface area contributed by atoms with Gasteiger partial charge in [0.05, 0.1) is 5.41 Å². The van der Waals surface area contributed by atoms with Crippen molar-refractivity contribution in [2.75, 3.05) is 0 Å². The summed E-state index contributed by atoms with van der Waals surface area (Å²) in [6.45, 7) is 12.5. The number of rotatable bonds is 7. The van der Waals surface area contributed by atoms with Crippen LogP contribution in [0, 0.1) is 11.3 Å². The highest BCUT2D eigenvalue weighted by Gasteiger charge is 2.88. The van der Waals surface area contributed by atoms with Crippen molar-refractivity contribution in [3.05, 3.63) is 11.6 Å². The summed E-state index contributed by atoms with van der Waals surface area (Å²) in [7, 11) is 0. The van der Waals surface area contributed by atoms with Crippen LogP contribution in [-0.4, -0.2) is 94.3 Å². The third kappa shape index (κ3) is 5.78. The molecule has 46 heavy (non-hydrogen) atoms. The largest absolute Gasteiger partial charge is 0.462 e. The molecule has 14 nitrogen and oxygen atoms in total. The zero-order valence-corrected chi connectivity index (χ0v) is 27.7. The third-order valence-electron chi connectivity index (χ3n) is 9.91. The average molecular weight is 653 g/mol. The Morgan fingerprint density at radius 3 is 1.89 bits per heavy atom. The lowest BCUT2D eigenvalue weighted by molar-refractivity contribution is -0.278. The molecule has 0 aromatic rings. The van der Waals surface area contributed by atoms with E-state index in [1.54, 1.807) is 20.8 Å². The lowest BCUT2D eigenvalue weighted by Gasteiger charge is -2.60. The first-order chi connectivity index (χ1) is 21.2. The molecule has 1 saturated carbocycles. The van der Waals surface area contributed by atoms with E-state index in [9.17, 15) is 33.9 Å². The number of carbonyl (C=O) groups excluding carboxylic acids is 6. The van der Waals surface area contributed by atoms with E-state index in [-0.39, 0.29) is 19.3 Å². The van der Waals surface area contributed by atoms with Crippen molar-refractivity contribution in [1.82, 2.24) is 0 Å². The molecule has 2 saturated heterocycles. The summed E-state index contributed by atoms with van der Waals surface area (Å²) in [6, 6.07) is 0. The molecule has 2 heterocycles. The molecule has 14 heteroatoms. The first kappa shape index (κ1) is 35.3. The fraction of sp³-hybridized carbons (Fsp3) is 0.750. The fourth-order valence-electron chi connectivity index (χ4n) is 7.81. The molecule has 256 valence electrons. The molecular formula is C32H44O14. The van der Waals surface area contributed by atoms with E-state index in [0.717, 1.165) is 6.92 Å². The number of fused-ring (bicyclic) bond motifs is 1. The van der Waals surface area contributed by atoms with Gasteiger partial charge in [0, 0.05) is 52.9 Å². The molecule has 2 aliphatic carbocycles. The van der Waals surface area contributed by atoms with Crippen LogP contribution in [0.2, 0.25) is 0 Å². The Balaban J connectivity index is 2.09. The van der Waals surface area contributed by atoms with Gasteiger partial charge in [-0.3, -0.25) is 24.0 Å². The second kappa shape index (κ2) is 12.3. The Hall–Kier alpha value is -3.52. The van der Waals surface area contributed by atoms with E-state index >= 15 is 0 Å². The Bertz CT molecular complexity index is 1340. The number of esters is 6. The van der Waals surface area contributed by atoms with E-state index in [2.05, 4.69) is 0 Å². The van der Waals surface area contributed by atoms with Crippen LogP contribution in [-0.2, 0) is 61.9 Å². The molecule has 1 spiro atoms. The van der Waals surface area contributed by atoms with Crippen LogP contribution >= 0.6 is 0 Å².